The zero-order valence-electron chi connectivity index (χ0n) is 28.4. The first-order valence-corrected chi connectivity index (χ1v) is 16.3. The van der Waals surface area contributed by atoms with E-state index >= 15 is 0 Å². The van der Waals surface area contributed by atoms with Crippen LogP contribution in [0, 0.1) is 0 Å². The van der Waals surface area contributed by atoms with Crippen molar-refractivity contribution in [3.63, 3.8) is 0 Å². The minimum atomic E-state index is 0.0758. The highest BCUT2D eigenvalue weighted by atomic mass is 16.5. The largest absolute Gasteiger partial charge is 0.497 e. The van der Waals surface area contributed by atoms with Gasteiger partial charge in [-0.25, -0.2) is 0 Å². The van der Waals surface area contributed by atoms with Crippen LogP contribution in [0.1, 0.15) is 120 Å². The van der Waals surface area contributed by atoms with Crippen LogP contribution >= 0.6 is 0 Å². The minimum absolute atomic E-state index is 0.0758. The molecule has 0 amide bonds. The van der Waals surface area contributed by atoms with Crippen LogP contribution in [0.25, 0.3) is 5.57 Å². The Morgan fingerprint density at radius 2 is 1.12 bits per heavy atom. The lowest BCUT2D eigenvalue weighted by molar-refractivity contribution is 0.415. The second kappa shape index (κ2) is 13.9. The molecular weight excluding hydrogens is 523 g/mol. The van der Waals surface area contributed by atoms with Crippen LogP contribution < -0.4 is 14.4 Å². The van der Waals surface area contributed by atoms with Crippen molar-refractivity contribution < 1.29 is 4.74 Å². The number of ether oxygens (including phenoxy) is 1. The zero-order chi connectivity index (χ0) is 31.4. The Morgan fingerprint density at radius 3 is 1.44 bits per heavy atom. The van der Waals surface area contributed by atoms with Crippen LogP contribution in [-0.2, 0) is 0 Å². The molecule has 3 aromatic carbocycles. The number of hydrogen-bond acceptors (Lipinski definition) is 3. The summed E-state index contributed by atoms with van der Waals surface area (Å²) in [5.74, 6) is 2.59. The normalized spacial score (nSPS) is 14.4. The van der Waals surface area contributed by atoms with Gasteiger partial charge in [-0.05, 0) is 82.5 Å². The van der Waals surface area contributed by atoms with E-state index in [1.54, 1.807) is 7.11 Å². The molecule has 1 aliphatic heterocycles. The van der Waals surface area contributed by atoms with Gasteiger partial charge in [0.1, 0.15) is 5.75 Å². The molecule has 4 rings (SSSR count). The predicted octanol–water partition coefficient (Wildman–Crippen LogP) is 10.6. The molecule has 0 spiro atoms. The molecule has 1 saturated heterocycles. The average Bonchev–Trinajstić information content (AvgIpc) is 3.43. The third-order valence-corrected chi connectivity index (χ3v) is 9.08. The van der Waals surface area contributed by atoms with Gasteiger partial charge in [0.2, 0.25) is 0 Å². The predicted molar refractivity (Wildman–Crippen MR) is 190 cm³/mol. The summed E-state index contributed by atoms with van der Waals surface area (Å²) < 4.78 is 5.51. The first-order valence-electron chi connectivity index (χ1n) is 16.3. The molecule has 1 fully saturated rings. The summed E-state index contributed by atoms with van der Waals surface area (Å²) in [4.78, 5) is 5.46. The van der Waals surface area contributed by atoms with Crippen LogP contribution in [0.3, 0.4) is 0 Å². The van der Waals surface area contributed by atoms with Gasteiger partial charge in [-0.3, -0.25) is 0 Å². The summed E-state index contributed by atoms with van der Waals surface area (Å²) in [6.07, 6.45) is 2.86. The van der Waals surface area contributed by atoms with Crippen LogP contribution in [0.5, 0.6) is 5.75 Å². The smallest absolute Gasteiger partial charge is 0.407 e. The Balaban J connectivity index is 2.06. The fourth-order valence-electron chi connectivity index (χ4n) is 6.85. The Labute approximate surface area is 262 Å². The SMILES string of the molecule is C=CC/C(=C(/C)B1N(c2c(C(C)C)cccc2C(C)C)CCN1c1c(C(C)C)cccc1C(C)C)c1ccc(OC)cc1. The van der Waals surface area contributed by atoms with Gasteiger partial charge in [0, 0.05) is 24.5 Å². The topological polar surface area (TPSA) is 15.7 Å². The molecule has 1 heterocycles. The molecule has 0 aliphatic carbocycles. The summed E-state index contributed by atoms with van der Waals surface area (Å²) in [5, 5.41) is 0. The second-order valence-electron chi connectivity index (χ2n) is 13.3. The fraction of sp³-hybridized carbons (Fsp3) is 0.436. The second-order valence-corrected chi connectivity index (χ2v) is 13.3. The number of hydrogen-bond donors (Lipinski definition) is 0. The molecule has 3 aromatic rings. The van der Waals surface area contributed by atoms with Crippen molar-refractivity contribution in [1.29, 1.82) is 0 Å². The van der Waals surface area contributed by atoms with Gasteiger partial charge in [0.25, 0.3) is 0 Å². The van der Waals surface area contributed by atoms with Crippen molar-refractivity contribution >= 4 is 23.9 Å². The third-order valence-electron chi connectivity index (χ3n) is 9.08. The number of para-hydroxylation sites is 2. The maximum absolute atomic E-state index is 5.51. The molecule has 0 aromatic heterocycles. The van der Waals surface area contributed by atoms with Crippen molar-refractivity contribution in [2.75, 3.05) is 29.8 Å². The number of rotatable bonds is 11. The van der Waals surface area contributed by atoms with Gasteiger partial charge in [-0.2, -0.15) is 0 Å². The van der Waals surface area contributed by atoms with E-state index in [4.69, 9.17) is 4.74 Å². The molecule has 0 radical (unpaired) electrons. The van der Waals surface area contributed by atoms with Crippen molar-refractivity contribution in [3.05, 3.63) is 107 Å². The highest BCUT2D eigenvalue weighted by Crippen LogP contribution is 2.44. The molecule has 0 N–H and O–H groups in total. The highest BCUT2D eigenvalue weighted by Gasteiger charge is 2.43. The van der Waals surface area contributed by atoms with Gasteiger partial charge < -0.3 is 14.4 Å². The Morgan fingerprint density at radius 1 is 0.721 bits per heavy atom. The average molecular weight is 577 g/mol. The maximum atomic E-state index is 5.51. The Bertz CT molecular complexity index is 1310. The van der Waals surface area contributed by atoms with Crippen molar-refractivity contribution in [3.8, 4) is 5.75 Å². The van der Waals surface area contributed by atoms with Crippen molar-refractivity contribution in [1.82, 2.24) is 0 Å². The van der Waals surface area contributed by atoms with E-state index in [-0.39, 0.29) is 6.98 Å². The van der Waals surface area contributed by atoms with E-state index in [1.807, 2.05) is 0 Å². The standard InChI is InChI=1S/C39H53BN2O/c1-12-15-37(31-20-22-32(43-11)23-21-31)30(10)40-41(38-33(26(2)3)16-13-17-34(38)27(4)5)24-25-42(40)39-35(28(6)7)18-14-19-36(39)29(8)9/h12-14,16-23,26-29H,1,15,24-25H2,2-11H3/b37-30+. The van der Waals surface area contributed by atoms with Gasteiger partial charge in [0.15, 0.2) is 0 Å². The molecule has 0 bridgehead atoms. The fourth-order valence-corrected chi connectivity index (χ4v) is 6.85. The van der Waals surface area contributed by atoms with Crippen LogP contribution in [0.2, 0.25) is 0 Å². The van der Waals surface area contributed by atoms with Crippen LogP contribution in [-0.4, -0.2) is 27.2 Å². The van der Waals surface area contributed by atoms with Gasteiger partial charge in [0.05, 0.1) is 7.11 Å². The van der Waals surface area contributed by atoms with Gasteiger partial charge in [-0.1, -0.05) is 115 Å². The summed E-state index contributed by atoms with van der Waals surface area (Å²) >= 11 is 0. The molecule has 3 nitrogen and oxygen atoms in total. The summed E-state index contributed by atoms with van der Waals surface area (Å²) in [5.41, 5.74) is 12.5. The Hall–Kier alpha value is -3.40. The lowest BCUT2D eigenvalue weighted by atomic mass is 9.61. The first-order chi connectivity index (χ1) is 20.5. The number of anilines is 2. The third kappa shape index (κ3) is 6.59. The van der Waals surface area contributed by atoms with E-state index in [9.17, 15) is 0 Å². The molecule has 0 atom stereocenters. The first kappa shape index (κ1) is 32.5. The molecule has 4 heteroatoms. The van der Waals surface area contributed by atoms with E-state index in [0.29, 0.717) is 23.7 Å². The lowest BCUT2D eigenvalue weighted by Crippen LogP contribution is -2.47. The van der Waals surface area contributed by atoms with Crippen LogP contribution in [0.4, 0.5) is 11.4 Å². The molecular formula is C39H53BN2O. The van der Waals surface area contributed by atoms with Crippen molar-refractivity contribution in [2.45, 2.75) is 92.4 Å². The molecule has 0 saturated carbocycles. The van der Waals surface area contributed by atoms with E-state index in [0.717, 1.165) is 25.3 Å². The molecule has 1 aliphatic rings. The Kier molecular flexibility index (Phi) is 10.5. The number of allylic oxidation sites excluding steroid dienone is 3. The summed E-state index contributed by atoms with van der Waals surface area (Å²) in [7, 11) is 1.73. The zero-order valence-corrected chi connectivity index (χ0v) is 28.4. The maximum Gasteiger partial charge on any atom is 0.407 e. The van der Waals surface area contributed by atoms with Crippen LogP contribution in [0.15, 0.2) is 78.8 Å². The number of methoxy groups -OCH3 is 1. The molecule has 0 unspecified atom stereocenters. The minimum Gasteiger partial charge on any atom is -0.497 e. The number of nitrogens with zero attached hydrogens (tertiary/aromatic N) is 2. The highest BCUT2D eigenvalue weighted by molar-refractivity contribution is 6.76. The molecule has 43 heavy (non-hydrogen) atoms. The van der Waals surface area contributed by atoms with Gasteiger partial charge >= 0.3 is 6.98 Å². The summed E-state index contributed by atoms with van der Waals surface area (Å²) in [6.45, 7) is 27.2. The molecule has 228 valence electrons. The quantitative estimate of drug-likeness (QED) is 0.167. The lowest BCUT2D eigenvalue weighted by Gasteiger charge is -2.37. The van der Waals surface area contributed by atoms with E-state index < -0.39 is 0 Å². The van der Waals surface area contributed by atoms with Gasteiger partial charge in [-0.15, -0.1) is 6.58 Å². The summed E-state index contributed by atoms with van der Waals surface area (Å²) in [6, 6.07) is 22.5. The van der Waals surface area contributed by atoms with Crippen molar-refractivity contribution in [2.24, 2.45) is 0 Å². The number of benzene rings is 3. The monoisotopic (exact) mass is 576 g/mol. The van der Waals surface area contributed by atoms with E-state index in [2.05, 4.69) is 145 Å². The van der Waals surface area contributed by atoms with E-state index in [1.165, 1.54) is 50.2 Å².